The number of benzene rings is 2. The van der Waals surface area contributed by atoms with Gasteiger partial charge in [-0.25, -0.2) is 4.98 Å². The van der Waals surface area contributed by atoms with Crippen LogP contribution in [0.5, 0.6) is 0 Å². The SMILES string of the molecule is O=C(c1ccc(NCCc2ccc(Cl)cc2)cn1)N1CCc2ccccc21. The van der Waals surface area contributed by atoms with Crippen molar-refractivity contribution in [2.24, 2.45) is 0 Å². The summed E-state index contributed by atoms with van der Waals surface area (Å²) in [6.07, 6.45) is 3.51. The van der Waals surface area contributed by atoms with Crippen molar-refractivity contribution in [3.63, 3.8) is 0 Å². The van der Waals surface area contributed by atoms with Crippen LogP contribution >= 0.6 is 11.6 Å². The molecule has 0 atom stereocenters. The molecule has 27 heavy (non-hydrogen) atoms. The molecule has 1 amide bonds. The Labute approximate surface area is 163 Å². The molecule has 1 aromatic heterocycles. The highest BCUT2D eigenvalue weighted by Crippen LogP contribution is 2.28. The number of hydrogen-bond donors (Lipinski definition) is 1. The molecular formula is C22H20ClN3O. The molecule has 0 unspecified atom stereocenters. The molecule has 0 radical (unpaired) electrons. The Kier molecular flexibility index (Phi) is 5.07. The lowest BCUT2D eigenvalue weighted by Gasteiger charge is -2.17. The topological polar surface area (TPSA) is 45.2 Å². The van der Waals surface area contributed by atoms with Crippen molar-refractivity contribution in [1.29, 1.82) is 0 Å². The number of anilines is 2. The van der Waals surface area contributed by atoms with Gasteiger partial charge in [-0.2, -0.15) is 0 Å². The maximum atomic E-state index is 12.8. The van der Waals surface area contributed by atoms with Crippen molar-refractivity contribution >= 4 is 28.9 Å². The standard InChI is InChI=1S/C22H20ClN3O/c23-18-7-5-16(6-8-18)11-13-24-19-9-10-20(25-15-19)22(27)26-14-12-17-3-1-2-4-21(17)26/h1-10,15,24H,11-14H2. The van der Waals surface area contributed by atoms with E-state index < -0.39 is 0 Å². The van der Waals surface area contributed by atoms with E-state index in [9.17, 15) is 4.79 Å². The Morgan fingerprint density at radius 1 is 1.07 bits per heavy atom. The first kappa shape index (κ1) is 17.6. The highest BCUT2D eigenvalue weighted by molar-refractivity contribution is 6.30. The van der Waals surface area contributed by atoms with Gasteiger partial charge in [-0.3, -0.25) is 4.79 Å². The summed E-state index contributed by atoms with van der Waals surface area (Å²) in [6.45, 7) is 1.50. The molecule has 0 saturated carbocycles. The highest BCUT2D eigenvalue weighted by Gasteiger charge is 2.25. The second-order valence-corrected chi connectivity index (χ2v) is 7.01. The summed E-state index contributed by atoms with van der Waals surface area (Å²) in [4.78, 5) is 19.0. The molecule has 0 spiro atoms. The van der Waals surface area contributed by atoms with Crippen LogP contribution < -0.4 is 10.2 Å². The van der Waals surface area contributed by atoms with Crippen molar-refractivity contribution in [2.75, 3.05) is 23.3 Å². The molecule has 3 aromatic rings. The quantitative estimate of drug-likeness (QED) is 0.707. The molecule has 1 N–H and O–H groups in total. The third kappa shape index (κ3) is 3.96. The lowest BCUT2D eigenvalue weighted by Crippen LogP contribution is -2.29. The first-order valence-corrected chi connectivity index (χ1v) is 9.43. The molecule has 0 bridgehead atoms. The van der Waals surface area contributed by atoms with Crippen LogP contribution in [0.1, 0.15) is 21.6 Å². The third-order valence-electron chi connectivity index (χ3n) is 4.77. The van der Waals surface area contributed by atoms with E-state index in [4.69, 9.17) is 11.6 Å². The summed E-state index contributed by atoms with van der Waals surface area (Å²) in [7, 11) is 0. The predicted molar refractivity (Wildman–Crippen MR) is 110 cm³/mol. The second-order valence-electron chi connectivity index (χ2n) is 6.57. The van der Waals surface area contributed by atoms with Crippen LogP contribution in [0.2, 0.25) is 5.02 Å². The number of pyridine rings is 1. The van der Waals surface area contributed by atoms with Crippen molar-refractivity contribution in [3.8, 4) is 0 Å². The fourth-order valence-electron chi connectivity index (χ4n) is 3.31. The molecule has 4 nitrogen and oxygen atoms in total. The minimum absolute atomic E-state index is 0.0485. The Balaban J connectivity index is 1.36. The van der Waals surface area contributed by atoms with E-state index in [0.29, 0.717) is 12.2 Å². The molecule has 2 aromatic carbocycles. The number of amides is 1. The van der Waals surface area contributed by atoms with Gasteiger partial charge in [0.2, 0.25) is 0 Å². The normalized spacial score (nSPS) is 12.7. The molecule has 0 fully saturated rings. The van der Waals surface area contributed by atoms with Crippen LogP contribution in [-0.4, -0.2) is 24.0 Å². The maximum absolute atomic E-state index is 12.8. The Hall–Kier alpha value is -2.85. The van der Waals surface area contributed by atoms with Gasteiger partial charge < -0.3 is 10.2 Å². The smallest absolute Gasteiger partial charge is 0.276 e. The average Bonchev–Trinajstić information content (AvgIpc) is 3.14. The van der Waals surface area contributed by atoms with Crippen LogP contribution in [0, 0.1) is 0 Å². The van der Waals surface area contributed by atoms with Gasteiger partial charge in [0.1, 0.15) is 5.69 Å². The molecule has 0 saturated heterocycles. The fraction of sp³-hybridized carbons (Fsp3) is 0.182. The third-order valence-corrected chi connectivity index (χ3v) is 5.02. The number of halogens is 1. The molecule has 0 aliphatic carbocycles. The lowest BCUT2D eigenvalue weighted by atomic mass is 10.1. The van der Waals surface area contributed by atoms with E-state index in [1.165, 1.54) is 11.1 Å². The summed E-state index contributed by atoms with van der Waals surface area (Å²) in [5, 5.41) is 4.09. The first-order chi connectivity index (χ1) is 13.2. The number of fused-ring (bicyclic) bond motifs is 1. The van der Waals surface area contributed by atoms with Crippen molar-refractivity contribution in [2.45, 2.75) is 12.8 Å². The number of nitrogens with zero attached hydrogens (tertiary/aromatic N) is 2. The van der Waals surface area contributed by atoms with Gasteiger partial charge in [0.25, 0.3) is 5.91 Å². The zero-order valence-electron chi connectivity index (χ0n) is 14.9. The minimum atomic E-state index is -0.0485. The number of rotatable bonds is 5. The number of para-hydroxylation sites is 1. The Morgan fingerprint density at radius 3 is 2.67 bits per heavy atom. The van der Waals surface area contributed by atoms with E-state index in [2.05, 4.69) is 16.4 Å². The van der Waals surface area contributed by atoms with Gasteiger partial charge >= 0.3 is 0 Å². The summed E-state index contributed by atoms with van der Waals surface area (Å²) >= 11 is 5.90. The van der Waals surface area contributed by atoms with Gasteiger partial charge in [-0.05, 0) is 54.3 Å². The molecule has 4 rings (SSSR count). The monoisotopic (exact) mass is 377 g/mol. The van der Waals surface area contributed by atoms with Crippen LogP contribution in [0.4, 0.5) is 11.4 Å². The highest BCUT2D eigenvalue weighted by atomic mass is 35.5. The Bertz CT molecular complexity index is 939. The van der Waals surface area contributed by atoms with Crippen molar-refractivity contribution < 1.29 is 4.79 Å². The molecule has 1 aliphatic heterocycles. The van der Waals surface area contributed by atoms with Crippen molar-refractivity contribution in [1.82, 2.24) is 4.98 Å². The predicted octanol–water partition coefficient (Wildman–Crippen LogP) is 4.59. The average molecular weight is 378 g/mol. The number of carbonyl (C=O) groups is 1. The van der Waals surface area contributed by atoms with E-state index in [1.54, 1.807) is 12.3 Å². The minimum Gasteiger partial charge on any atom is -0.383 e. The summed E-state index contributed by atoms with van der Waals surface area (Å²) in [6, 6.07) is 19.6. The maximum Gasteiger partial charge on any atom is 0.276 e. The molecule has 2 heterocycles. The summed E-state index contributed by atoms with van der Waals surface area (Å²) in [5.74, 6) is -0.0485. The molecule has 1 aliphatic rings. The van der Waals surface area contributed by atoms with Gasteiger partial charge in [0.05, 0.1) is 11.9 Å². The zero-order chi connectivity index (χ0) is 18.6. The van der Waals surface area contributed by atoms with Crippen LogP contribution in [0.3, 0.4) is 0 Å². The largest absolute Gasteiger partial charge is 0.383 e. The Morgan fingerprint density at radius 2 is 1.89 bits per heavy atom. The van der Waals surface area contributed by atoms with Gasteiger partial charge in [-0.15, -0.1) is 0 Å². The van der Waals surface area contributed by atoms with E-state index in [0.717, 1.165) is 35.8 Å². The first-order valence-electron chi connectivity index (χ1n) is 9.05. The zero-order valence-corrected chi connectivity index (χ0v) is 15.6. The molecule has 136 valence electrons. The van der Waals surface area contributed by atoms with Gasteiger partial charge in [0.15, 0.2) is 0 Å². The van der Waals surface area contributed by atoms with E-state index >= 15 is 0 Å². The number of hydrogen-bond acceptors (Lipinski definition) is 3. The molecular weight excluding hydrogens is 358 g/mol. The van der Waals surface area contributed by atoms with E-state index in [-0.39, 0.29) is 5.91 Å². The number of nitrogens with one attached hydrogen (secondary N) is 1. The van der Waals surface area contributed by atoms with Crippen molar-refractivity contribution in [3.05, 3.63) is 88.7 Å². The van der Waals surface area contributed by atoms with Gasteiger partial charge in [0, 0.05) is 23.8 Å². The fourth-order valence-corrected chi connectivity index (χ4v) is 3.44. The number of aromatic nitrogens is 1. The van der Waals surface area contributed by atoms with E-state index in [1.807, 2.05) is 53.4 Å². The number of carbonyl (C=O) groups excluding carboxylic acids is 1. The van der Waals surface area contributed by atoms with Gasteiger partial charge in [-0.1, -0.05) is 41.9 Å². The summed E-state index contributed by atoms with van der Waals surface area (Å²) < 4.78 is 0. The second kappa shape index (κ2) is 7.80. The lowest BCUT2D eigenvalue weighted by molar-refractivity contribution is 0.0984. The van der Waals surface area contributed by atoms with Crippen LogP contribution in [0.25, 0.3) is 0 Å². The molecule has 5 heteroatoms. The van der Waals surface area contributed by atoms with Crippen LogP contribution in [-0.2, 0) is 12.8 Å². The van der Waals surface area contributed by atoms with Crippen LogP contribution in [0.15, 0.2) is 66.9 Å². The summed E-state index contributed by atoms with van der Waals surface area (Å²) in [5.41, 5.74) is 4.80.